The summed E-state index contributed by atoms with van der Waals surface area (Å²) in [5, 5.41) is 0. The Labute approximate surface area is 103 Å². The lowest BCUT2D eigenvalue weighted by Crippen LogP contribution is -2.43. The molecular weight excluding hydrogens is 238 g/mol. The minimum Gasteiger partial charge on any atom is -0.398 e. The molecule has 1 rings (SSSR count). The van der Waals surface area contributed by atoms with Gasteiger partial charge in [0.1, 0.15) is 0 Å². The van der Waals surface area contributed by atoms with Crippen LogP contribution in [0.3, 0.4) is 0 Å². The maximum atomic E-state index is 11.7. The van der Waals surface area contributed by atoms with E-state index in [1.807, 2.05) is 6.92 Å². The zero-order chi connectivity index (χ0) is 13.3. The average Bonchev–Trinajstić information content (AvgIpc) is 2.06. The highest BCUT2D eigenvalue weighted by molar-refractivity contribution is 7.90. The van der Waals surface area contributed by atoms with Crippen molar-refractivity contribution >= 4 is 21.6 Å². The summed E-state index contributed by atoms with van der Waals surface area (Å²) < 4.78 is 28.4. The predicted octanol–water partition coefficient (Wildman–Crippen LogP) is 1.62. The first-order valence-corrected chi connectivity index (χ1v) is 6.75. The third-order valence-electron chi connectivity index (χ3n) is 1.97. The van der Waals surface area contributed by atoms with Gasteiger partial charge in [0.05, 0.1) is 5.69 Å². The van der Waals surface area contributed by atoms with Gasteiger partial charge in [0.2, 0.25) is 0 Å². The normalized spacial score (nSPS) is 12.5. The van der Waals surface area contributed by atoms with Crippen LogP contribution >= 0.6 is 0 Å². The van der Waals surface area contributed by atoms with Gasteiger partial charge in [0.25, 0.3) is 10.2 Å². The van der Waals surface area contributed by atoms with Crippen molar-refractivity contribution in [2.24, 2.45) is 0 Å². The monoisotopic (exact) mass is 257 g/mol. The molecule has 1 aromatic carbocycles. The van der Waals surface area contributed by atoms with Crippen LogP contribution in [0.5, 0.6) is 0 Å². The fourth-order valence-corrected chi connectivity index (χ4v) is 2.58. The Balaban J connectivity index is 2.87. The molecular formula is C11H19N3O2S. The first-order valence-electron chi connectivity index (χ1n) is 5.27. The van der Waals surface area contributed by atoms with Crippen molar-refractivity contribution < 1.29 is 8.42 Å². The fourth-order valence-electron chi connectivity index (χ4n) is 1.29. The summed E-state index contributed by atoms with van der Waals surface area (Å²) in [6, 6.07) is 5.04. The van der Waals surface area contributed by atoms with E-state index in [1.54, 1.807) is 39.0 Å². The van der Waals surface area contributed by atoms with Gasteiger partial charge in [-0.25, -0.2) is 0 Å². The molecule has 0 aliphatic rings. The molecule has 0 fully saturated rings. The number of aryl methyl sites for hydroxylation is 1. The molecule has 0 amide bonds. The maximum Gasteiger partial charge on any atom is 0.299 e. The van der Waals surface area contributed by atoms with Crippen molar-refractivity contribution in [1.82, 2.24) is 4.72 Å². The lowest BCUT2D eigenvalue weighted by Gasteiger charge is -2.21. The van der Waals surface area contributed by atoms with Gasteiger partial charge >= 0.3 is 0 Å². The number of benzene rings is 1. The summed E-state index contributed by atoms with van der Waals surface area (Å²) >= 11 is 0. The van der Waals surface area contributed by atoms with E-state index in [0.717, 1.165) is 5.56 Å². The van der Waals surface area contributed by atoms with Crippen molar-refractivity contribution in [1.29, 1.82) is 0 Å². The van der Waals surface area contributed by atoms with Gasteiger partial charge in [0, 0.05) is 11.2 Å². The molecule has 0 unspecified atom stereocenters. The van der Waals surface area contributed by atoms with Crippen LogP contribution in [0.2, 0.25) is 0 Å². The maximum absolute atomic E-state index is 11.7. The van der Waals surface area contributed by atoms with E-state index in [9.17, 15) is 8.42 Å². The fraction of sp³-hybridized carbons (Fsp3) is 0.455. The van der Waals surface area contributed by atoms with Crippen molar-refractivity contribution in [2.45, 2.75) is 33.2 Å². The van der Waals surface area contributed by atoms with Crippen molar-refractivity contribution in [2.75, 3.05) is 10.5 Å². The smallest absolute Gasteiger partial charge is 0.299 e. The summed E-state index contributed by atoms with van der Waals surface area (Å²) in [6.07, 6.45) is 0. The highest BCUT2D eigenvalue weighted by Crippen LogP contribution is 2.18. The summed E-state index contributed by atoms with van der Waals surface area (Å²) in [4.78, 5) is 0. The molecule has 0 radical (unpaired) electrons. The number of anilines is 2. The highest BCUT2D eigenvalue weighted by Gasteiger charge is 2.19. The summed E-state index contributed by atoms with van der Waals surface area (Å²) in [5.74, 6) is 0. The molecule has 1 aromatic rings. The topological polar surface area (TPSA) is 84.2 Å². The van der Waals surface area contributed by atoms with Gasteiger partial charge < -0.3 is 5.73 Å². The lowest BCUT2D eigenvalue weighted by molar-refractivity contribution is 0.494. The molecule has 6 heteroatoms. The van der Waals surface area contributed by atoms with Crippen LogP contribution < -0.4 is 15.2 Å². The first kappa shape index (κ1) is 13.8. The second-order valence-corrected chi connectivity index (χ2v) is 6.44. The minimum absolute atomic E-state index is 0.449. The number of nitrogens with two attached hydrogens (primary N) is 1. The Morgan fingerprint density at radius 3 is 2.29 bits per heavy atom. The van der Waals surface area contributed by atoms with Crippen molar-refractivity contribution in [3.8, 4) is 0 Å². The predicted molar refractivity (Wildman–Crippen MR) is 71.0 cm³/mol. The largest absolute Gasteiger partial charge is 0.398 e. The molecule has 5 nitrogen and oxygen atoms in total. The van der Waals surface area contributed by atoms with E-state index in [1.165, 1.54) is 0 Å². The van der Waals surface area contributed by atoms with E-state index >= 15 is 0 Å². The number of nitrogens with one attached hydrogen (secondary N) is 2. The van der Waals surface area contributed by atoms with E-state index in [-0.39, 0.29) is 0 Å². The van der Waals surface area contributed by atoms with Gasteiger partial charge in [-0.2, -0.15) is 13.1 Å². The number of hydrogen-bond acceptors (Lipinski definition) is 3. The number of hydrogen-bond donors (Lipinski definition) is 3. The molecule has 0 saturated carbocycles. The van der Waals surface area contributed by atoms with Crippen LogP contribution in [0.4, 0.5) is 11.4 Å². The Morgan fingerprint density at radius 2 is 1.82 bits per heavy atom. The Kier molecular flexibility index (Phi) is 3.68. The van der Waals surface area contributed by atoms with Crippen LogP contribution in [-0.2, 0) is 10.2 Å². The Morgan fingerprint density at radius 1 is 1.24 bits per heavy atom. The van der Waals surface area contributed by atoms with E-state index in [0.29, 0.717) is 11.4 Å². The molecule has 0 aliphatic carbocycles. The first-order chi connectivity index (χ1) is 7.59. The molecule has 0 spiro atoms. The van der Waals surface area contributed by atoms with Gasteiger partial charge in [-0.05, 0) is 45.4 Å². The zero-order valence-corrected chi connectivity index (χ0v) is 11.4. The van der Waals surface area contributed by atoms with Crippen LogP contribution in [0, 0.1) is 6.92 Å². The van der Waals surface area contributed by atoms with Crippen molar-refractivity contribution in [3.63, 3.8) is 0 Å². The van der Waals surface area contributed by atoms with E-state index in [4.69, 9.17) is 5.73 Å². The van der Waals surface area contributed by atoms with Crippen LogP contribution in [0.15, 0.2) is 18.2 Å². The second-order valence-electron chi connectivity index (χ2n) is 5.03. The summed E-state index contributed by atoms with van der Waals surface area (Å²) in [5.41, 5.74) is 7.10. The van der Waals surface area contributed by atoms with Gasteiger partial charge in [-0.15, -0.1) is 0 Å². The molecule has 0 heterocycles. The standard InChI is InChI=1S/C11H19N3O2S/c1-8-5-6-9(7-10(8)12)13-17(15,16)14-11(2,3)4/h5-7,13-14H,12H2,1-4H3. The van der Waals surface area contributed by atoms with E-state index < -0.39 is 15.7 Å². The Bertz CT molecular complexity index is 504. The number of rotatable bonds is 3. The molecule has 0 aliphatic heterocycles. The number of nitrogen functional groups attached to an aromatic ring is 1. The van der Waals surface area contributed by atoms with Crippen LogP contribution in [-0.4, -0.2) is 14.0 Å². The van der Waals surface area contributed by atoms with Gasteiger partial charge in [0.15, 0.2) is 0 Å². The summed E-state index contributed by atoms with van der Waals surface area (Å²) in [7, 11) is -3.58. The molecule has 17 heavy (non-hydrogen) atoms. The zero-order valence-electron chi connectivity index (χ0n) is 10.5. The SMILES string of the molecule is Cc1ccc(NS(=O)(=O)NC(C)(C)C)cc1N. The average molecular weight is 257 g/mol. The van der Waals surface area contributed by atoms with E-state index in [2.05, 4.69) is 9.44 Å². The molecule has 96 valence electrons. The summed E-state index contributed by atoms with van der Waals surface area (Å²) in [6.45, 7) is 7.18. The third-order valence-corrected chi connectivity index (χ3v) is 3.36. The quantitative estimate of drug-likeness (QED) is 0.719. The van der Waals surface area contributed by atoms with Crippen LogP contribution in [0.25, 0.3) is 0 Å². The molecule has 0 atom stereocenters. The lowest BCUT2D eigenvalue weighted by atomic mass is 10.1. The minimum atomic E-state index is -3.58. The second kappa shape index (κ2) is 4.54. The molecule has 4 N–H and O–H groups in total. The van der Waals surface area contributed by atoms with Gasteiger partial charge in [-0.1, -0.05) is 6.07 Å². The Hall–Kier alpha value is -1.27. The molecule has 0 bridgehead atoms. The molecule has 0 aromatic heterocycles. The van der Waals surface area contributed by atoms with Crippen molar-refractivity contribution in [3.05, 3.63) is 23.8 Å². The molecule has 0 saturated heterocycles. The van der Waals surface area contributed by atoms with Crippen LogP contribution in [0.1, 0.15) is 26.3 Å². The van der Waals surface area contributed by atoms with Gasteiger partial charge in [-0.3, -0.25) is 4.72 Å². The third kappa shape index (κ3) is 4.62. The highest BCUT2D eigenvalue weighted by atomic mass is 32.2.